The summed E-state index contributed by atoms with van der Waals surface area (Å²) in [6, 6.07) is 9.00. The van der Waals surface area contributed by atoms with Gasteiger partial charge < -0.3 is 14.2 Å². The van der Waals surface area contributed by atoms with Crippen molar-refractivity contribution in [1.29, 1.82) is 0 Å². The Hall–Kier alpha value is -2.07. The molecule has 0 aliphatic carbocycles. The van der Waals surface area contributed by atoms with Gasteiger partial charge >= 0.3 is 5.97 Å². The Morgan fingerprint density at radius 2 is 2.10 bits per heavy atom. The normalized spacial score (nSPS) is 18.0. The molecule has 4 nitrogen and oxygen atoms in total. The lowest BCUT2D eigenvalue weighted by atomic mass is 10.1. The SMILES string of the molecule is CC(CCOC(=O)c1ccccc1)COC1C=CC=CO1. The standard InChI is InChI=1S/C17H20O4/c1-14(13-21-16-9-5-6-11-19-16)10-12-20-17(18)15-7-3-2-4-8-15/h2-9,11,14,16H,10,12-13H2,1H3. The molecule has 0 fully saturated rings. The Labute approximate surface area is 125 Å². The van der Waals surface area contributed by atoms with Crippen molar-refractivity contribution in [3.05, 3.63) is 60.4 Å². The van der Waals surface area contributed by atoms with Crippen LogP contribution in [0.15, 0.2) is 54.8 Å². The zero-order chi connectivity index (χ0) is 14.9. The molecule has 0 aromatic heterocycles. The summed E-state index contributed by atoms with van der Waals surface area (Å²) in [7, 11) is 0. The molecule has 0 saturated carbocycles. The summed E-state index contributed by atoms with van der Waals surface area (Å²) in [6.07, 6.45) is 7.60. The molecule has 0 radical (unpaired) electrons. The number of carbonyl (C=O) groups is 1. The second kappa shape index (κ2) is 8.27. The monoisotopic (exact) mass is 288 g/mol. The van der Waals surface area contributed by atoms with Crippen molar-refractivity contribution >= 4 is 5.97 Å². The lowest BCUT2D eigenvalue weighted by Gasteiger charge is -2.18. The van der Waals surface area contributed by atoms with Gasteiger partial charge in [-0.3, -0.25) is 0 Å². The summed E-state index contributed by atoms with van der Waals surface area (Å²) in [6.45, 7) is 3.00. The van der Waals surface area contributed by atoms with E-state index < -0.39 is 0 Å². The molecule has 112 valence electrons. The van der Waals surface area contributed by atoms with Crippen LogP contribution in [-0.2, 0) is 14.2 Å². The molecule has 1 aliphatic heterocycles. The third-order valence-corrected chi connectivity index (χ3v) is 3.07. The largest absolute Gasteiger partial charge is 0.469 e. The van der Waals surface area contributed by atoms with Gasteiger partial charge in [-0.1, -0.05) is 31.2 Å². The molecule has 2 rings (SSSR count). The highest BCUT2D eigenvalue weighted by Gasteiger charge is 2.11. The number of carbonyl (C=O) groups excluding carboxylic acids is 1. The van der Waals surface area contributed by atoms with E-state index in [1.54, 1.807) is 18.4 Å². The van der Waals surface area contributed by atoms with Crippen molar-refractivity contribution in [3.8, 4) is 0 Å². The van der Waals surface area contributed by atoms with E-state index in [0.29, 0.717) is 18.8 Å². The molecule has 0 spiro atoms. The van der Waals surface area contributed by atoms with Crippen molar-refractivity contribution in [2.45, 2.75) is 19.6 Å². The molecule has 2 unspecified atom stereocenters. The van der Waals surface area contributed by atoms with Crippen molar-refractivity contribution in [2.75, 3.05) is 13.2 Å². The lowest BCUT2D eigenvalue weighted by Crippen LogP contribution is -2.19. The molecule has 1 aliphatic rings. The fourth-order valence-corrected chi connectivity index (χ4v) is 1.82. The summed E-state index contributed by atoms with van der Waals surface area (Å²) in [5, 5.41) is 0. The lowest BCUT2D eigenvalue weighted by molar-refractivity contribution is -0.0854. The minimum Gasteiger partial charge on any atom is -0.469 e. The number of rotatable bonds is 7. The third-order valence-electron chi connectivity index (χ3n) is 3.07. The molecule has 0 N–H and O–H groups in total. The number of ether oxygens (including phenoxy) is 3. The second-order valence-corrected chi connectivity index (χ2v) is 4.95. The van der Waals surface area contributed by atoms with Gasteiger partial charge in [0, 0.05) is 0 Å². The van der Waals surface area contributed by atoms with Crippen LogP contribution in [0.3, 0.4) is 0 Å². The van der Waals surface area contributed by atoms with E-state index in [4.69, 9.17) is 14.2 Å². The van der Waals surface area contributed by atoms with E-state index in [-0.39, 0.29) is 18.2 Å². The smallest absolute Gasteiger partial charge is 0.338 e. The zero-order valence-electron chi connectivity index (χ0n) is 12.1. The third kappa shape index (κ3) is 5.44. The molecule has 0 bridgehead atoms. The summed E-state index contributed by atoms with van der Waals surface area (Å²) < 4.78 is 16.1. The zero-order valence-corrected chi connectivity index (χ0v) is 12.1. The summed E-state index contributed by atoms with van der Waals surface area (Å²) in [5.74, 6) is 0.00359. The van der Waals surface area contributed by atoms with Crippen LogP contribution in [-0.4, -0.2) is 25.5 Å². The van der Waals surface area contributed by atoms with Gasteiger partial charge in [-0.2, -0.15) is 0 Å². The molecular weight excluding hydrogens is 268 g/mol. The first-order chi connectivity index (χ1) is 10.3. The average Bonchev–Trinajstić information content (AvgIpc) is 2.54. The van der Waals surface area contributed by atoms with Crippen LogP contribution < -0.4 is 0 Å². The molecule has 1 heterocycles. The maximum absolute atomic E-state index is 11.7. The van der Waals surface area contributed by atoms with Gasteiger partial charge in [0.25, 0.3) is 0 Å². The van der Waals surface area contributed by atoms with Gasteiger partial charge in [0.15, 0.2) is 0 Å². The first-order valence-electron chi connectivity index (χ1n) is 7.08. The summed E-state index contributed by atoms with van der Waals surface area (Å²) in [4.78, 5) is 11.7. The summed E-state index contributed by atoms with van der Waals surface area (Å²) >= 11 is 0. The van der Waals surface area contributed by atoms with E-state index in [2.05, 4.69) is 6.92 Å². The van der Waals surface area contributed by atoms with Gasteiger partial charge in [0.1, 0.15) is 0 Å². The van der Waals surface area contributed by atoms with Crippen LogP contribution in [0, 0.1) is 5.92 Å². The number of benzene rings is 1. The molecule has 1 aromatic carbocycles. The highest BCUT2D eigenvalue weighted by molar-refractivity contribution is 5.89. The van der Waals surface area contributed by atoms with E-state index in [0.717, 1.165) is 6.42 Å². The number of hydrogen-bond acceptors (Lipinski definition) is 4. The van der Waals surface area contributed by atoms with E-state index in [1.165, 1.54) is 0 Å². The van der Waals surface area contributed by atoms with E-state index in [1.807, 2.05) is 36.4 Å². The fourth-order valence-electron chi connectivity index (χ4n) is 1.82. The first-order valence-corrected chi connectivity index (χ1v) is 7.08. The number of esters is 1. The van der Waals surface area contributed by atoms with Gasteiger partial charge in [0.05, 0.1) is 25.0 Å². The molecular formula is C17H20O4. The maximum Gasteiger partial charge on any atom is 0.338 e. The molecule has 0 saturated heterocycles. The van der Waals surface area contributed by atoms with Crippen molar-refractivity contribution in [1.82, 2.24) is 0 Å². The van der Waals surface area contributed by atoms with Gasteiger partial charge in [-0.15, -0.1) is 0 Å². The fraction of sp³-hybridized carbons (Fsp3) is 0.353. The minimum absolute atomic E-state index is 0.285. The molecule has 2 atom stereocenters. The Morgan fingerprint density at radius 1 is 1.29 bits per heavy atom. The maximum atomic E-state index is 11.7. The first kappa shape index (κ1) is 15.3. The van der Waals surface area contributed by atoms with E-state index in [9.17, 15) is 4.79 Å². The highest BCUT2D eigenvalue weighted by Crippen LogP contribution is 2.10. The molecule has 0 amide bonds. The molecule has 4 heteroatoms. The van der Waals surface area contributed by atoms with Gasteiger partial charge in [-0.25, -0.2) is 4.79 Å². The van der Waals surface area contributed by atoms with Crippen LogP contribution in [0.25, 0.3) is 0 Å². The summed E-state index contributed by atoms with van der Waals surface area (Å²) in [5.41, 5.74) is 0.578. The van der Waals surface area contributed by atoms with Crippen LogP contribution >= 0.6 is 0 Å². The minimum atomic E-state index is -0.315. The predicted octanol–water partition coefficient (Wildman–Crippen LogP) is 3.31. The predicted molar refractivity (Wildman–Crippen MR) is 79.6 cm³/mol. The van der Waals surface area contributed by atoms with Gasteiger partial charge in [0.2, 0.25) is 6.29 Å². The van der Waals surface area contributed by atoms with Crippen LogP contribution in [0.1, 0.15) is 23.7 Å². The average molecular weight is 288 g/mol. The Kier molecular flexibility index (Phi) is 6.03. The van der Waals surface area contributed by atoms with Crippen LogP contribution in [0.5, 0.6) is 0 Å². The number of hydrogen-bond donors (Lipinski definition) is 0. The molecule has 1 aromatic rings. The highest BCUT2D eigenvalue weighted by atomic mass is 16.7. The van der Waals surface area contributed by atoms with Crippen LogP contribution in [0.4, 0.5) is 0 Å². The van der Waals surface area contributed by atoms with Crippen LogP contribution in [0.2, 0.25) is 0 Å². The number of allylic oxidation sites excluding steroid dienone is 2. The Morgan fingerprint density at radius 3 is 2.81 bits per heavy atom. The van der Waals surface area contributed by atoms with Crippen molar-refractivity contribution < 1.29 is 19.0 Å². The Balaban J connectivity index is 1.60. The van der Waals surface area contributed by atoms with Gasteiger partial charge in [-0.05, 0) is 36.6 Å². The molecule has 21 heavy (non-hydrogen) atoms. The Bertz CT molecular complexity index is 493. The van der Waals surface area contributed by atoms with Crippen molar-refractivity contribution in [2.24, 2.45) is 5.92 Å². The topological polar surface area (TPSA) is 44.8 Å². The quantitative estimate of drug-likeness (QED) is 0.722. The second-order valence-electron chi connectivity index (χ2n) is 4.95. The van der Waals surface area contributed by atoms with E-state index >= 15 is 0 Å². The van der Waals surface area contributed by atoms with Crippen molar-refractivity contribution in [3.63, 3.8) is 0 Å².